The van der Waals surface area contributed by atoms with Crippen LogP contribution < -0.4 is 10.1 Å². The lowest BCUT2D eigenvalue weighted by Gasteiger charge is -2.13. The van der Waals surface area contributed by atoms with E-state index in [1.54, 1.807) is 19.5 Å². The molecule has 0 radical (unpaired) electrons. The van der Waals surface area contributed by atoms with E-state index in [1.165, 1.54) is 24.6 Å². The zero-order chi connectivity index (χ0) is 20.1. The van der Waals surface area contributed by atoms with Gasteiger partial charge in [0.2, 0.25) is 5.91 Å². The molecule has 29 heavy (non-hydrogen) atoms. The number of nitrogens with zero attached hydrogens (tertiary/aromatic N) is 4. The molecule has 3 aromatic rings. The van der Waals surface area contributed by atoms with Crippen molar-refractivity contribution in [3.8, 4) is 22.8 Å². The maximum absolute atomic E-state index is 12.4. The highest BCUT2D eigenvalue weighted by molar-refractivity contribution is 7.99. The third kappa shape index (κ3) is 4.59. The number of amides is 1. The Labute approximate surface area is 173 Å². The number of rotatable bonds is 7. The maximum atomic E-state index is 12.4. The van der Waals surface area contributed by atoms with Gasteiger partial charge < -0.3 is 10.1 Å². The normalized spacial score (nSPS) is 14.1. The number of hydrogen-bond donors (Lipinski definition) is 1. The SMILES string of the molecule is COc1ccc(-n2c(SCC(=O)NC3CCCC3)nnc2-c2ccncc2)cc1. The van der Waals surface area contributed by atoms with Crippen LogP contribution in [0.2, 0.25) is 0 Å². The summed E-state index contributed by atoms with van der Waals surface area (Å²) in [4.78, 5) is 16.4. The Hall–Kier alpha value is -2.87. The summed E-state index contributed by atoms with van der Waals surface area (Å²) in [5.41, 5.74) is 1.81. The standard InChI is InChI=1S/C21H23N5O2S/c1-28-18-8-6-17(7-9-18)26-20(15-10-12-22-13-11-15)24-25-21(26)29-14-19(27)23-16-4-2-3-5-16/h6-13,16H,2-5,14H2,1H3,(H,23,27). The van der Waals surface area contributed by atoms with E-state index in [0.717, 1.165) is 29.8 Å². The highest BCUT2D eigenvalue weighted by Gasteiger charge is 2.20. The minimum Gasteiger partial charge on any atom is -0.497 e. The van der Waals surface area contributed by atoms with Gasteiger partial charge in [-0.3, -0.25) is 14.3 Å². The van der Waals surface area contributed by atoms with Crippen molar-refractivity contribution in [2.75, 3.05) is 12.9 Å². The Balaban J connectivity index is 1.59. The molecule has 0 spiro atoms. The van der Waals surface area contributed by atoms with E-state index in [1.807, 2.05) is 41.0 Å². The average Bonchev–Trinajstić information content (AvgIpc) is 3.43. The number of thioether (sulfide) groups is 1. The first-order chi connectivity index (χ1) is 14.2. The molecule has 1 N–H and O–H groups in total. The molecule has 0 unspecified atom stereocenters. The van der Waals surface area contributed by atoms with Crippen LogP contribution in [0.5, 0.6) is 5.75 Å². The van der Waals surface area contributed by atoms with Crippen molar-refractivity contribution in [1.29, 1.82) is 0 Å². The van der Waals surface area contributed by atoms with Gasteiger partial charge in [0.25, 0.3) is 0 Å². The maximum Gasteiger partial charge on any atom is 0.230 e. The van der Waals surface area contributed by atoms with Crippen molar-refractivity contribution in [3.63, 3.8) is 0 Å². The molecule has 0 atom stereocenters. The van der Waals surface area contributed by atoms with Gasteiger partial charge in [0.1, 0.15) is 5.75 Å². The number of ether oxygens (including phenoxy) is 1. The lowest BCUT2D eigenvalue weighted by Crippen LogP contribution is -2.33. The van der Waals surface area contributed by atoms with Crippen molar-refractivity contribution in [2.45, 2.75) is 36.9 Å². The molecular weight excluding hydrogens is 386 g/mol. The number of aromatic nitrogens is 4. The number of pyridine rings is 1. The lowest BCUT2D eigenvalue weighted by atomic mass is 10.2. The smallest absolute Gasteiger partial charge is 0.230 e. The van der Waals surface area contributed by atoms with Crippen LogP contribution in [0.3, 0.4) is 0 Å². The van der Waals surface area contributed by atoms with E-state index in [-0.39, 0.29) is 5.91 Å². The number of benzene rings is 1. The predicted octanol–water partition coefficient (Wildman–Crippen LogP) is 3.49. The van der Waals surface area contributed by atoms with Gasteiger partial charge in [-0.2, -0.15) is 0 Å². The van der Waals surface area contributed by atoms with Gasteiger partial charge in [-0.05, 0) is 49.2 Å². The molecule has 2 aromatic heterocycles. The zero-order valence-electron chi connectivity index (χ0n) is 16.2. The minimum absolute atomic E-state index is 0.0386. The van der Waals surface area contributed by atoms with E-state index < -0.39 is 0 Å². The third-order valence-electron chi connectivity index (χ3n) is 4.96. The van der Waals surface area contributed by atoms with Crippen LogP contribution in [0.25, 0.3) is 17.1 Å². The van der Waals surface area contributed by atoms with Crippen molar-refractivity contribution < 1.29 is 9.53 Å². The topological polar surface area (TPSA) is 81.9 Å². The number of hydrogen-bond acceptors (Lipinski definition) is 6. The van der Waals surface area contributed by atoms with Crippen LogP contribution in [0.4, 0.5) is 0 Å². The van der Waals surface area contributed by atoms with Crippen molar-refractivity contribution >= 4 is 17.7 Å². The molecule has 7 nitrogen and oxygen atoms in total. The summed E-state index contributed by atoms with van der Waals surface area (Å²) in [6, 6.07) is 11.8. The average molecular weight is 410 g/mol. The minimum atomic E-state index is 0.0386. The molecule has 2 heterocycles. The Kier molecular flexibility index (Phi) is 6.09. The van der Waals surface area contributed by atoms with E-state index in [4.69, 9.17) is 4.74 Å². The van der Waals surface area contributed by atoms with E-state index in [9.17, 15) is 4.79 Å². The molecule has 1 amide bonds. The highest BCUT2D eigenvalue weighted by atomic mass is 32.2. The zero-order valence-corrected chi connectivity index (χ0v) is 17.1. The molecular formula is C21H23N5O2S. The highest BCUT2D eigenvalue weighted by Crippen LogP contribution is 2.28. The quantitative estimate of drug-likeness (QED) is 0.602. The van der Waals surface area contributed by atoms with E-state index in [2.05, 4.69) is 20.5 Å². The first kappa shape index (κ1) is 19.4. The fourth-order valence-corrected chi connectivity index (χ4v) is 4.25. The Bertz CT molecular complexity index is 953. The Morgan fingerprint density at radius 2 is 1.86 bits per heavy atom. The van der Waals surface area contributed by atoms with Crippen LogP contribution in [0.15, 0.2) is 53.9 Å². The van der Waals surface area contributed by atoms with E-state index >= 15 is 0 Å². The van der Waals surface area contributed by atoms with Gasteiger partial charge in [-0.15, -0.1) is 10.2 Å². The summed E-state index contributed by atoms with van der Waals surface area (Å²) in [5.74, 6) is 1.83. The summed E-state index contributed by atoms with van der Waals surface area (Å²) in [7, 11) is 1.64. The Morgan fingerprint density at radius 3 is 2.55 bits per heavy atom. The van der Waals surface area contributed by atoms with Gasteiger partial charge in [0, 0.05) is 29.7 Å². The number of methoxy groups -OCH3 is 1. The second-order valence-corrected chi connectivity index (χ2v) is 7.86. The van der Waals surface area contributed by atoms with E-state index in [0.29, 0.717) is 22.8 Å². The summed E-state index contributed by atoms with van der Waals surface area (Å²) in [6.07, 6.45) is 7.99. The van der Waals surface area contributed by atoms with Gasteiger partial charge in [0.05, 0.1) is 12.9 Å². The summed E-state index contributed by atoms with van der Waals surface area (Å²) in [6.45, 7) is 0. The Morgan fingerprint density at radius 1 is 1.14 bits per heavy atom. The van der Waals surface area contributed by atoms with Gasteiger partial charge in [-0.25, -0.2) is 0 Å². The molecule has 4 rings (SSSR count). The molecule has 1 aliphatic carbocycles. The monoisotopic (exact) mass is 409 g/mol. The molecule has 8 heteroatoms. The van der Waals surface area contributed by atoms with Crippen molar-refractivity contribution in [3.05, 3.63) is 48.8 Å². The molecule has 0 saturated heterocycles. The third-order valence-corrected chi connectivity index (χ3v) is 5.88. The number of nitrogens with one attached hydrogen (secondary N) is 1. The van der Waals surface area contributed by atoms with Crippen LogP contribution in [-0.2, 0) is 4.79 Å². The molecule has 1 aliphatic rings. The summed E-state index contributed by atoms with van der Waals surface area (Å²) < 4.78 is 7.23. The summed E-state index contributed by atoms with van der Waals surface area (Å²) >= 11 is 1.39. The van der Waals surface area contributed by atoms with Crippen molar-refractivity contribution in [2.24, 2.45) is 0 Å². The molecule has 1 fully saturated rings. The summed E-state index contributed by atoms with van der Waals surface area (Å²) in [5, 5.41) is 12.5. The molecule has 0 aliphatic heterocycles. The first-order valence-corrected chi connectivity index (χ1v) is 10.7. The van der Waals surface area contributed by atoms with Crippen LogP contribution in [0, 0.1) is 0 Å². The predicted molar refractivity (Wildman–Crippen MR) is 112 cm³/mol. The fraction of sp³-hybridized carbons (Fsp3) is 0.333. The largest absolute Gasteiger partial charge is 0.497 e. The van der Waals surface area contributed by atoms with Crippen LogP contribution in [-0.4, -0.2) is 44.6 Å². The van der Waals surface area contributed by atoms with Gasteiger partial charge in [0.15, 0.2) is 11.0 Å². The second kappa shape index (κ2) is 9.09. The first-order valence-electron chi connectivity index (χ1n) is 9.67. The lowest BCUT2D eigenvalue weighted by molar-refractivity contribution is -0.119. The van der Waals surface area contributed by atoms with Crippen LogP contribution in [0.1, 0.15) is 25.7 Å². The van der Waals surface area contributed by atoms with Crippen molar-refractivity contribution in [1.82, 2.24) is 25.1 Å². The van der Waals surface area contributed by atoms with Gasteiger partial charge in [-0.1, -0.05) is 24.6 Å². The molecule has 1 saturated carbocycles. The molecule has 150 valence electrons. The number of carbonyl (C=O) groups excluding carboxylic acids is 1. The second-order valence-electron chi connectivity index (χ2n) is 6.91. The molecule has 1 aromatic carbocycles. The van der Waals surface area contributed by atoms with Gasteiger partial charge >= 0.3 is 0 Å². The molecule has 0 bridgehead atoms. The number of carbonyl (C=O) groups is 1. The fourth-order valence-electron chi connectivity index (χ4n) is 3.49. The van der Waals surface area contributed by atoms with Crippen LogP contribution >= 0.6 is 11.8 Å².